The average Bonchev–Trinajstić information content (AvgIpc) is 2.90. The highest BCUT2D eigenvalue weighted by atomic mass is 32.2. The zero-order valence-corrected chi connectivity index (χ0v) is 22.4. The molecule has 0 saturated carbocycles. The van der Waals surface area contributed by atoms with Gasteiger partial charge in [0.25, 0.3) is 0 Å². The lowest BCUT2D eigenvalue weighted by atomic mass is 10.0. The maximum atomic E-state index is 9.61. The maximum absolute atomic E-state index is 9.61. The van der Waals surface area contributed by atoms with Crippen LogP contribution >= 0.6 is 11.8 Å². The summed E-state index contributed by atoms with van der Waals surface area (Å²) < 4.78 is 11.0. The van der Waals surface area contributed by atoms with Crippen molar-refractivity contribution in [1.29, 1.82) is 0 Å². The van der Waals surface area contributed by atoms with E-state index in [0.717, 1.165) is 34.8 Å². The minimum atomic E-state index is 0.166. The molecule has 0 aliphatic carbocycles. The second-order valence-corrected chi connectivity index (χ2v) is 8.94. The first-order valence-electron chi connectivity index (χ1n) is 11.9. The monoisotopic (exact) mass is 509 g/mol. The van der Waals surface area contributed by atoms with Gasteiger partial charge in [-0.1, -0.05) is 37.6 Å². The molecule has 0 fully saturated rings. The summed E-state index contributed by atoms with van der Waals surface area (Å²) in [5, 5.41) is 17.2. The molecular formula is C27H35N5O3S. The molecule has 1 unspecified atom stereocenters. The minimum Gasteiger partial charge on any atom is -0.494 e. The summed E-state index contributed by atoms with van der Waals surface area (Å²) in [5.74, 6) is 2.57. The molecule has 2 aromatic carbocycles. The Bertz CT molecular complexity index is 1130. The number of anilines is 3. The first kappa shape index (κ1) is 27.3. The van der Waals surface area contributed by atoms with Crippen molar-refractivity contribution in [2.24, 2.45) is 10.9 Å². The van der Waals surface area contributed by atoms with Crippen LogP contribution in [0.2, 0.25) is 0 Å². The lowest BCUT2D eigenvalue weighted by Gasteiger charge is -2.19. The van der Waals surface area contributed by atoms with E-state index in [1.54, 1.807) is 26.0 Å². The quantitative estimate of drug-likeness (QED) is 0.208. The number of nitrogens with one attached hydrogen (secondary N) is 2. The second kappa shape index (κ2) is 13.7. The number of aromatic nitrogens is 2. The Morgan fingerprint density at radius 2 is 1.75 bits per heavy atom. The second-order valence-electron chi connectivity index (χ2n) is 8.15. The molecule has 1 aromatic heterocycles. The molecule has 0 amide bonds. The van der Waals surface area contributed by atoms with Gasteiger partial charge in [-0.3, -0.25) is 0 Å². The number of para-hydroxylation sites is 2. The summed E-state index contributed by atoms with van der Waals surface area (Å²) in [6.45, 7) is 4.86. The smallest absolute Gasteiger partial charge is 0.229 e. The molecule has 0 bridgehead atoms. The van der Waals surface area contributed by atoms with Gasteiger partial charge in [0.15, 0.2) is 0 Å². The van der Waals surface area contributed by atoms with Crippen LogP contribution in [0.1, 0.15) is 31.0 Å². The Kier molecular flexibility index (Phi) is 10.4. The number of benzene rings is 2. The number of aryl methyl sites for hydroxylation is 1. The third-order valence-electron chi connectivity index (χ3n) is 5.83. The lowest BCUT2D eigenvalue weighted by molar-refractivity contribution is 0.217. The van der Waals surface area contributed by atoms with Crippen molar-refractivity contribution in [2.45, 2.75) is 26.7 Å². The molecule has 3 N–H and O–H groups in total. The number of thioether (sulfide) groups is 1. The average molecular weight is 510 g/mol. The van der Waals surface area contributed by atoms with Crippen molar-refractivity contribution in [3.63, 3.8) is 0 Å². The van der Waals surface area contributed by atoms with E-state index >= 15 is 0 Å². The Hall–Kier alpha value is -3.30. The number of ether oxygens (including phenoxy) is 2. The number of rotatable bonds is 12. The summed E-state index contributed by atoms with van der Waals surface area (Å²) in [7, 11) is 3.22. The van der Waals surface area contributed by atoms with Crippen molar-refractivity contribution in [2.75, 3.05) is 44.3 Å². The SMILES string of the molecule is CCC(CO)CCNc1nc(Nc2c(OC)cccc2OC)nc(C)c1C(=Nc1ccccc1)SC. The van der Waals surface area contributed by atoms with Gasteiger partial charge in [0.1, 0.15) is 28.0 Å². The van der Waals surface area contributed by atoms with Gasteiger partial charge < -0.3 is 25.2 Å². The lowest BCUT2D eigenvalue weighted by Crippen LogP contribution is -2.16. The van der Waals surface area contributed by atoms with E-state index in [1.807, 2.05) is 61.7 Å². The third-order valence-corrected chi connectivity index (χ3v) is 6.51. The largest absolute Gasteiger partial charge is 0.494 e. The number of hydrogen-bond donors (Lipinski definition) is 3. The molecule has 36 heavy (non-hydrogen) atoms. The highest BCUT2D eigenvalue weighted by Crippen LogP contribution is 2.36. The molecule has 1 heterocycles. The van der Waals surface area contributed by atoms with Crippen LogP contribution in [0.4, 0.5) is 23.1 Å². The molecule has 0 aliphatic heterocycles. The number of aliphatic hydroxyl groups is 1. The predicted molar refractivity (Wildman–Crippen MR) is 150 cm³/mol. The Balaban J connectivity index is 2.04. The normalized spacial score (nSPS) is 12.2. The van der Waals surface area contributed by atoms with E-state index in [9.17, 15) is 5.11 Å². The summed E-state index contributed by atoms with van der Waals surface area (Å²) >= 11 is 1.55. The van der Waals surface area contributed by atoms with Crippen LogP contribution < -0.4 is 20.1 Å². The fourth-order valence-electron chi connectivity index (χ4n) is 3.74. The fraction of sp³-hybridized carbons (Fsp3) is 0.370. The summed E-state index contributed by atoms with van der Waals surface area (Å²) in [6.07, 6.45) is 3.73. The number of aliphatic hydroxyl groups excluding tert-OH is 1. The maximum Gasteiger partial charge on any atom is 0.229 e. The van der Waals surface area contributed by atoms with Crippen LogP contribution in [0.15, 0.2) is 53.5 Å². The standard InChI is InChI=1S/C27H35N5O3S/c1-6-19(17-33)15-16-28-25-23(26(36-5)30-20-11-8-7-9-12-20)18(2)29-27(32-25)31-24-21(34-3)13-10-14-22(24)35-4/h7-14,19,33H,6,15-17H2,1-5H3,(H2,28,29,31,32). The summed E-state index contributed by atoms with van der Waals surface area (Å²) in [4.78, 5) is 14.5. The number of aliphatic imine (C=N–C) groups is 1. The first-order chi connectivity index (χ1) is 17.5. The van der Waals surface area contributed by atoms with Crippen LogP contribution in [0, 0.1) is 12.8 Å². The van der Waals surface area contributed by atoms with E-state index in [2.05, 4.69) is 17.6 Å². The van der Waals surface area contributed by atoms with Crippen molar-refractivity contribution in [3.05, 3.63) is 59.8 Å². The van der Waals surface area contributed by atoms with Crippen LogP contribution in [0.25, 0.3) is 0 Å². The molecule has 0 radical (unpaired) electrons. The van der Waals surface area contributed by atoms with Crippen molar-refractivity contribution in [1.82, 2.24) is 9.97 Å². The predicted octanol–water partition coefficient (Wildman–Crippen LogP) is 5.81. The molecule has 0 aliphatic rings. The number of methoxy groups -OCH3 is 2. The van der Waals surface area contributed by atoms with Crippen LogP contribution in [0.5, 0.6) is 11.5 Å². The minimum absolute atomic E-state index is 0.166. The molecule has 0 spiro atoms. The van der Waals surface area contributed by atoms with Crippen LogP contribution in [-0.2, 0) is 0 Å². The molecular weight excluding hydrogens is 474 g/mol. The Morgan fingerprint density at radius 1 is 1.06 bits per heavy atom. The van der Waals surface area contributed by atoms with Gasteiger partial charge >= 0.3 is 0 Å². The van der Waals surface area contributed by atoms with Crippen molar-refractivity contribution >= 4 is 39.9 Å². The van der Waals surface area contributed by atoms with E-state index in [4.69, 9.17) is 24.4 Å². The van der Waals surface area contributed by atoms with Crippen LogP contribution in [0.3, 0.4) is 0 Å². The van der Waals surface area contributed by atoms with Gasteiger partial charge in [0, 0.05) is 13.2 Å². The topological polar surface area (TPSA) is 101 Å². The molecule has 9 heteroatoms. The van der Waals surface area contributed by atoms with Crippen molar-refractivity contribution in [3.8, 4) is 11.5 Å². The van der Waals surface area contributed by atoms with E-state index in [0.29, 0.717) is 35.5 Å². The van der Waals surface area contributed by atoms with E-state index < -0.39 is 0 Å². The number of hydrogen-bond acceptors (Lipinski definition) is 9. The molecule has 8 nitrogen and oxygen atoms in total. The molecule has 3 rings (SSSR count). The molecule has 192 valence electrons. The van der Waals surface area contributed by atoms with Crippen LogP contribution in [-0.4, -0.2) is 53.7 Å². The van der Waals surface area contributed by atoms with Gasteiger partial charge in [-0.05, 0) is 49.8 Å². The zero-order chi connectivity index (χ0) is 25.9. The fourth-order valence-corrected chi connectivity index (χ4v) is 4.39. The van der Waals surface area contributed by atoms with Gasteiger partial charge in [0.2, 0.25) is 5.95 Å². The van der Waals surface area contributed by atoms with Gasteiger partial charge in [-0.25, -0.2) is 9.98 Å². The molecule has 1 atom stereocenters. The third kappa shape index (κ3) is 6.89. The van der Waals surface area contributed by atoms with Gasteiger partial charge in [0.05, 0.1) is 31.2 Å². The van der Waals surface area contributed by atoms with E-state index in [-0.39, 0.29) is 12.5 Å². The number of nitrogens with zero attached hydrogens (tertiary/aromatic N) is 3. The summed E-state index contributed by atoms with van der Waals surface area (Å²) in [5.41, 5.74) is 3.14. The first-order valence-corrected chi connectivity index (χ1v) is 13.2. The van der Waals surface area contributed by atoms with Gasteiger partial charge in [-0.2, -0.15) is 4.98 Å². The summed E-state index contributed by atoms with van der Waals surface area (Å²) in [6, 6.07) is 15.4. The van der Waals surface area contributed by atoms with Gasteiger partial charge in [-0.15, -0.1) is 11.8 Å². The highest BCUT2D eigenvalue weighted by Gasteiger charge is 2.19. The molecule has 3 aromatic rings. The zero-order valence-electron chi connectivity index (χ0n) is 21.5. The highest BCUT2D eigenvalue weighted by molar-refractivity contribution is 8.13. The Labute approximate surface area is 217 Å². The molecule has 0 saturated heterocycles. The Morgan fingerprint density at radius 3 is 2.33 bits per heavy atom. The van der Waals surface area contributed by atoms with Crippen molar-refractivity contribution < 1.29 is 14.6 Å². The van der Waals surface area contributed by atoms with E-state index in [1.165, 1.54) is 0 Å².